The van der Waals surface area contributed by atoms with Gasteiger partial charge in [0.15, 0.2) is 5.78 Å². The molecule has 1 heterocycles. The molecule has 17 heavy (non-hydrogen) atoms. The number of hydrogen-bond donors (Lipinski definition) is 0. The number of carbonyl (C=O) groups excluding carboxylic acids is 1. The van der Waals surface area contributed by atoms with Gasteiger partial charge in [-0.05, 0) is 56.7 Å². The van der Waals surface area contributed by atoms with Gasteiger partial charge in [-0.15, -0.1) is 11.3 Å². The molecule has 1 aromatic heterocycles. The summed E-state index contributed by atoms with van der Waals surface area (Å²) in [6.07, 6.45) is 5.93. The molecule has 1 fully saturated rings. The Bertz CT molecular complexity index is 394. The van der Waals surface area contributed by atoms with Gasteiger partial charge >= 0.3 is 0 Å². The molecule has 1 aromatic rings. The number of rotatable bonds is 3. The highest BCUT2D eigenvalue weighted by atomic mass is 79.9. The van der Waals surface area contributed by atoms with Crippen LogP contribution < -0.4 is 0 Å². The molecule has 0 aliphatic heterocycles. The molecule has 0 bridgehead atoms. The molecule has 2 atom stereocenters. The van der Waals surface area contributed by atoms with Gasteiger partial charge in [-0.3, -0.25) is 4.79 Å². The molecule has 0 spiro atoms. The molecule has 2 unspecified atom stereocenters. The summed E-state index contributed by atoms with van der Waals surface area (Å²) >= 11 is 8.46. The van der Waals surface area contributed by atoms with E-state index in [0.29, 0.717) is 11.7 Å². The van der Waals surface area contributed by atoms with Crippen molar-refractivity contribution in [3.8, 4) is 0 Å². The van der Waals surface area contributed by atoms with Crippen LogP contribution in [0.15, 0.2) is 14.3 Å². The van der Waals surface area contributed by atoms with E-state index >= 15 is 0 Å². The normalized spacial score (nSPS) is 24.9. The van der Waals surface area contributed by atoms with Crippen LogP contribution in [-0.4, -0.2) is 5.78 Å². The molecule has 0 aromatic carbocycles. The number of carbonyl (C=O) groups is 1. The molecule has 1 saturated carbocycles. The highest BCUT2D eigenvalue weighted by molar-refractivity contribution is 9.13. The van der Waals surface area contributed by atoms with E-state index in [9.17, 15) is 4.79 Å². The predicted octanol–water partition coefficient (Wildman–Crippen LogP) is 5.67. The summed E-state index contributed by atoms with van der Waals surface area (Å²) in [5.41, 5.74) is 0. The average Bonchev–Trinajstić information content (AvgIpc) is 2.68. The Morgan fingerprint density at radius 1 is 1.41 bits per heavy atom. The Labute approximate surface area is 123 Å². The van der Waals surface area contributed by atoms with E-state index in [1.54, 1.807) is 11.3 Å². The lowest BCUT2D eigenvalue weighted by atomic mass is 9.75. The smallest absolute Gasteiger partial charge is 0.176 e. The van der Waals surface area contributed by atoms with Gasteiger partial charge in [0, 0.05) is 10.4 Å². The van der Waals surface area contributed by atoms with Crippen LogP contribution in [0.2, 0.25) is 0 Å². The molecule has 4 heteroatoms. The fourth-order valence-electron chi connectivity index (χ4n) is 2.69. The maximum atomic E-state index is 12.5. The van der Waals surface area contributed by atoms with Gasteiger partial charge in [-0.2, -0.15) is 0 Å². The zero-order valence-electron chi connectivity index (χ0n) is 9.84. The van der Waals surface area contributed by atoms with Crippen LogP contribution in [0.1, 0.15) is 48.7 Å². The van der Waals surface area contributed by atoms with Gasteiger partial charge in [-0.25, -0.2) is 0 Å². The van der Waals surface area contributed by atoms with Crippen molar-refractivity contribution >= 4 is 49.0 Å². The van der Waals surface area contributed by atoms with Crippen LogP contribution in [-0.2, 0) is 0 Å². The third-order valence-electron chi connectivity index (χ3n) is 3.66. The minimum absolute atomic E-state index is 0.256. The topological polar surface area (TPSA) is 17.1 Å². The molecule has 0 amide bonds. The van der Waals surface area contributed by atoms with Crippen molar-refractivity contribution in [2.24, 2.45) is 11.8 Å². The molecular weight excluding hydrogens is 364 g/mol. The standard InChI is InChI=1S/C13H16Br2OS/c1-2-8-5-3-4-6-9(8)12(16)11-7-10(14)13(15)17-11/h7-9H,2-6H2,1H3. The first kappa shape index (κ1) is 13.8. The van der Waals surface area contributed by atoms with Crippen molar-refractivity contribution < 1.29 is 4.79 Å². The van der Waals surface area contributed by atoms with Crippen LogP contribution in [0.25, 0.3) is 0 Å². The molecule has 0 saturated heterocycles. The SMILES string of the molecule is CCC1CCCCC1C(=O)c1cc(Br)c(Br)s1. The predicted molar refractivity (Wildman–Crippen MR) is 79.8 cm³/mol. The van der Waals surface area contributed by atoms with Crippen molar-refractivity contribution in [1.29, 1.82) is 0 Å². The minimum atomic E-state index is 0.256. The zero-order chi connectivity index (χ0) is 12.4. The van der Waals surface area contributed by atoms with Crippen LogP contribution >= 0.6 is 43.2 Å². The maximum absolute atomic E-state index is 12.5. The first-order valence-corrected chi connectivity index (χ1v) is 8.52. The summed E-state index contributed by atoms with van der Waals surface area (Å²) in [7, 11) is 0. The number of Topliss-reactive ketones (excluding diaryl/α,β-unsaturated/α-hetero) is 1. The Balaban J connectivity index is 2.18. The van der Waals surface area contributed by atoms with Crippen LogP contribution in [0.5, 0.6) is 0 Å². The third-order valence-corrected chi connectivity index (χ3v) is 6.93. The van der Waals surface area contributed by atoms with Crippen molar-refractivity contribution in [1.82, 2.24) is 0 Å². The highest BCUT2D eigenvalue weighted by Gasteiger charge is 2.31. The van der Waals surface area contributed by atoms with Gasteiger partial charge < -0.3 is 0 Å². The highest BCUT2D eigenvalue weighted by Crippen LogP contribution is 2.38. The lowest BCUT2D eigenvalue weighted by Gasteiger charge is -2.29. The lowest BCUT2D eigenvalue weighted by molar-refractivity contribution is 0.0824. The van der Waals surface area contributed by atoms with Gasteiger partial charge in [0.05, 0.1) is 8.66 Å². The Morgan fingerprint density at radius 2 is 2.12 bits per heavy atom. The van der Waals surface area contributed by atoms with E-state index in [1.165, 1.54) is 19.3 Å². The van der Waals surface area contributed by atoms with Crippen LogP contribution in [0.4, 0.5) is 0 Å². The Morgan fingerprint density at radius 3 is 2.71 bits per heavy atom. The molecule has 0 N–H and O–H groups in total. The van der Waals surface area contributed by atoms with E-state index in [1.807, 2.05) is 6.07 Å². The summed E-state index contributed by atoms with van der Waals surface area (Å²) in [6.45, 7) is 2.20. The van der Waals surface area contributed by atoms with Crippen LogP contribution in [0.3, 0.4) is 0 Å². The quantitative estimate of drug-likeness (QED) is 0.618. The maximum Gasteiger partial charge on any atom is 0.176 e. The van der Waals surface area contributed by atoms with Gasteiger partial charge in [0.25, 0.3) is 0 Å². The summed E-state index contributed by atoms with van der Waals surface area (Å²) in [5, 5.41) is 0. The molecule has 0 radical (unpaired) electrons. The fraction of sp³-hybridized carbons (Fsp3) is 0.615. The van der Waals surface area contributed by atoms with E-state index in [0.717, 1.165) is 26.0 Å². The summed E-state index contributed by atoms with van der Waals surface area (Å²) in [4.78, 5) is 13.4. The number of ketones is 1. The monoisotopic (exact) mass is 378 g/mol. The minimum Gasteiger partial charge on any atom is -0.293 e. The molecule has 1 aliphatic carbocycles. The second-order valence-corrected chi connectivity index (χ2v) is 7.88. The largest absolute Gasteiger partial charge is 0.293 e. The van der Waals surface area contributed by atoms with Gasteiger partial charge in [0.2, 0.25) is 0 Å². The summed E-state index contributed by atoms with van der Waals surface area (Å²) in [5.74, 6) is 1.20. The van der Waals surface area contributed by atoms with Crippen LogP contribution in [0, 0.1) is 11.8 Å². The first-order valence-electron chi connectivity index (χ1n) is 6.12. The zero-order valence-corrected chi connectivity index (χ0v) is 13.8. The lowest BCUT2D eigenvalue weighted by Crippen LogP contribution is -2.26. The molecule has 1 aliphatic rings. The van der Waals surface area contributed by atoms with Crippen molar-refractivity contribution in [2.45, 2.75) is 39.0 Å². The molecule has 2 rings (SSSR count). The fourth-order valence-corrected chi connectivity index (χ4v) is 4.73. The van der Waals surface area contributed by atoms with Gasteiger partial charge in [0.1, 0.15) is 0 Å². The molecule has 1 nitrogen and oxygen atoms in total. The summed E-state index contributed by atoms with van der Waals surface area (Å²) < 4.78 is 2.01. The van der Waals surface area contributed by atoms with Crippen molar-refractivity contribution in [3.63, 3.8) is 0 Å². The Kier molecular flexibility index (Phi) is 4.84. The number of hydrogen-bond acceptors (Lipinski definition) is 2. The van der Waals surface area contributed by atoms with E-state index in [-0.39, 0.29) is 5.92 Å². The number of thiophene rings is 1. The second kappa shape index (κ2) is 5.98. The first-order chi connectivity index (χ1) is 8.13. The Hall–Kier alpha value is 0.330. The van der Waals surface area contributed by atoms with E-state index < -0.39 is 0 Å². The molecule has 94 valence electrons. The number of halogens is 2. The third kappa shape index (κ3) is 3.02. The molecular formula is C13H16Br2OS. The van der Waals surface area contributed by atoms with Crippen molar-refractivity contribution in [2.75, 3.05) is 0 Å². The summed E-state index contributed by atoms with van der Waals surface area (Å²) in [6, 6.07) is 1.96. The second-order valence-electron chi connectivity index (χ2n) is 4.66. The average molecular weight is 380 g/mol. The van der Waals surface area contributed by atoms with E-state index in [4.69, 9.17) is 0 Å². The van der Waals surface area contributed by atoms with E-state index in [2.05, 4.69) is 38.8 Å². The van der Waals surface area contributed by atoms with Crippen molar-refractivity contribution in [3.05, 3.63) is 19.2 Å². The van der Waals surface area contributed by atoms with Gasteiger partial charge in [-0.1, -0.05) is 26.2 Å².